The maximum Gasteiger partial charge on any atom is 0.418 e. The van der Waals surface area contributed by atoms with E-state index in [4.69, 9.17) is 20.0 Å². The molecule has 10 nitrogen and oxygen atoms in total. The highest BCUT2D eigenvalue weighted by atomic mass is 19.1. The second-order valence-electron chi connectivity index (χ2n) is 7.69. The van der Waals surface area contributed by atoms with Gasteiger partial charge in [0.25, 0.3) is 5.91 Å². The highest BCUT2D eigenvalue weighted by molar-refractivity contribution is 6.06. The van der Waals surface area contributed by atoms with Crippen molar-refractivity contribution in [3.8, 4) is 11.5 Å². The fraction of sp³-hybridized carbons (Fsp3) is 0.115. The van der Waals surface area contributed by atoms with Crippen LogP contribution in [0.15, 0.2) is 72.8 Å². The van der Waals surface area contributed by atoms with E-state index in [9.17, 15) is 23.6 Å². The van der Waals surface area contributed by atoms with Gasteiger partial charge in [0.1, 0.15) is 23.2 Å². The number of carbonyl (C=O) groups excluding carboxylic acids is 3. The zero-order valence-corrected chi connectivity index (χ0v) is 19.5. The zero-order chi connectivity index (χ0) is 26.9. The number of carboxylic acids is 1. The molecular weight excluding hydrogens is 485 g/mol. The van der Waals surface area contributed by atoms with Crippen molar-refractivity contribution in [2.75, 3.05) is 6.61 Å². The van der Waals surface area contributed by atoms with Crippen LogP contribution in [-0.2, 0) is 4.79 Å². The second-order valence-corrected chi connectivity index (χ2v) is 7.69. The molecule has 0 radical (unpaired) electrons. The molecule has 2 amide bonds. The number of halogens is 1. The number of aliphatic carboxylic acids is 1. The van der Waals surface area contributed by atoms with Gasteiger partial charge in [-0.15, -0.1) is 0 Å². The van der Waals surface area contributed by atoms with Crippen molar-refractivity contribution >= 4 is 29.6 Å². The molecule has 190 valence electrons. The topological polar surface area (TPSA) is 155 Å². The molecule has 0 aliphatic carbocycles. The average Bonchev–Trinajstić information content (AvgIpc) is 2.88. The van der Waals surface area contributed by atoms with Crippen LogP contribution in [0.1, 0.15) is 33.2 Å². The monoisotopic (exact) mass is 507 g/mol. The number of amidine groups is 1. The van der Waals surface area contributed by atoms with Crippen molar-refractivity contribution in [1.82, 2.24) is 10.6 Å². The summed E-state index contributed by atoms with van der Waals surface area (Å²) in [5, 5.41) is 21.5. The molecule has 11 heteroatoms. The summed E-state index contributed by atoms with van der Waals surface area (Å²) in [5.74, 6) is -2.38. The first-order valence-corrected chi connectivity index (χ1v) is 10.9. The van der Waals surface area contributed by atoms with Crippen LogP contribution in [0.2, 0.25) is 0 Å². The van der Waals surface area contributed by atoms with Gasteiger partial charge in [-0.1, -0.05) is 12.1 Å². The molecule has 37 heavy (non-hydrogen) atoms. The molecule has 0 spiro atoms. The number of hydrogen-bond donors (Lipinski definition) is 4. The normalized spacial score (nSPS) is 11.1. The van der Waals surface area contributed by atoms with Crippen LogP contribution in [-0.4, -0.2) is 47.3 Å². The maximum absolute atomic E-state index is 12.9. The predicted octanol–water partition coefficient (Wildman–Crippen LogP) is 3.40. The Morgan fingerprint density at radius 3 is 2.00 bits per heavy atom. The quantitative estimate of drug-likeness (QED) is 0.197. The first-order chi connectivity index (χ1) is 17.6. The highest BCUT2D eigenvalue weighted by Crippen LogP contribution is 2.14. The van der Waals surface area contributed by atoms with Crippen molar-refractivity contribution in [3.05, 3.63) is 95.3 Å². The van der Waals surface area contributed by atoms with Gasteiger partial charge < -0.3 is 19.9 Å². The lowest BCUT2D eigenvalue weighted by atomic mass is 10.0. The number of benzene rings is 3. The van der Waals surface area contributed by atoms with E-state index in [1.54, 1.807) is 0 Å². The maximum atomic E-state index is 12.9. The van der Waals surface area contributed by atoms with Crippen LogP contribution < -0.4 is 20.1 Å². The SMILES string of the molecule is C[C@H](NC(=O)c1ccc(C(=N)NC(=O)Oc2ccc(F)cc2)cc1)C(=O)c1ccc(OCC(=O)O)cc1. The lowest BCUT2D eigenvalue weighted by Gasteiger charge is -2.14. The summed E-state index contributed by atoms with van der Waals surface area (Å²) < 4.78 is 22.9. The molecule has 3 rings (SSSR count). The molecule has 0 aromatic heterocycles. The van der Waals surface area contributed by atoms with Crippen LogP contribution in [0.25, 0.3) is 0 Å². The van der Waals surface area contributed by atoms with Crippen molar-refractivity contribution < 1.29 is 38.1 Å². The van der Waals surface area contributed by atoms with Gasteiger partial charge in [0.15, 0.2) is 12.4 Å². The average molecular weight is 507 g/mol. The predicted molar refractivity (Wildman–Crippen MR) is 130 cm³/mol. The summed E-state index contributed by atoms with van der Waals surface area (Å²) in [7, 11) is 0. The van der Waals surface area contributed by atoms with Gasteiger partial charge in [0.2, 0.25) is 0 Å². The minimum absolute atomic E-state index is 0.102. The van der Waals surface area contributed by atoms with E-state index in [1.807, 2.05) is 0 Å². The third kappa shape index (κ3) is 7.72. The summed E-state index contributed by atoms with van der Waals surface area (Å²) >= 11 is 0. The van der Waals surface area contributed by atoms with Gasteiger partial charge in [-0.05, 0) is 67.6 Å². The number of carboxylic acid groups (broad SMARTS) is 1. The number of ether oxygens (including phenoxy) is 2. The van der Waals surface area contributed by atoms with Gasteiger partial charge >= 0.3 is 12.1 Å². The number of hydrogen-bond acceptors (Lipinski definition) is 7. The Morgan fingerprint density at radius 1 is 0.865 bits per heavy atom. The Morgan fingerprint density at radius 2 is 1.41 bits per heavy atom. The second kappa shape index (κ2) is 12.1. The van der Waals surface area contributed by atoms with E-state index in [0.29, 0.717) is 16.9 Å². The van der Waals surface area contributed by atoms with E-state index in [1.165, 1.54) is 67.6 Å². The van der Waals surface area contributed by atoms with Gasteiger partial charge in [-0.3, -0.25) is 20.3 Å². The number of Topliss-reactive ketones (excluding diaryl/α,β-unsaturated/α-hetero) is 1. The van der Waals surface area contributed by atoms with Gasteiger partial charge in [0, 0.05) is 16.7 Å². The highest BCUT2D eigenvalue weighted by Gasteiger charge is 2.19. The van der Waals surface area contributed by atoms with Crippen LogP contribution in [0.3, 0.4) is 0 Å². The van der Waals surface area contributed by atoms with E-state index < -0.39 is 36.4 Å². The molecule has 0 saturated heterocycles. The molecule has 0 heterocycles. The van der Waals surface area contributed by atoms with Crippen molar-refractivity contribution in [3.63, 3.8) is 0 Å². The molecular formula is C26H22FN3O7. The number of nitrogens with one attached hydrogen (secondary N) is 3. The smallest absolute Gasteiger partial charge is 0.418 e. The summed E-state index contributed by atoms with van der Waals surface area (Å²) in [4.78, 5) is 47.7. The molecule has 3 aromatic carbocycles. The lowest BCUT2D eigenvalue weighted by molar-refractivity contribution is -0.139. The molecule has 0 aliphatic rings. The van der Waals surface area contributed by atoms with Crippen molar-refractivity contribution in [2.24, 2.45) is 0 Å². The summed E-state index contributed by atoms with van der Waals surface area (Å²) in [6.45, 7) is 1.02. The van der Waals surface area contributed by atoms with E-state index >= 15 is 0 Å². The summed E-state index contributed by atoms with van der Waals surface area (Å²) in [5.41, 5.74) is 0.822. The Kier molecular flexibility index (Phi) is 8.66. The fourth-order valence-corrected chi connectivity index (χ4v) is 3.05. The minimum atomic E-state index is -1.12. The Hall–Kier alpha value is -5.06. The third-order valence-electron chi connectivity index (χ3n) is 4.93. The number of ketones is 1. The van der Waals surface area contributed by atoms with Gasteiger partial charge in [0.05, 0.1) is 6.04 Å². The molecule has 1 atom stereocenters. The molecule has 0 fully saturated rings. The van der Waals surface area contributed by atoms with E-state index in [2.05, 4.69) is 10.6 Å². The van der Waals surface area contributed by atoms with Gasteiger partial charge in [-0.2, -0.15) is 0 Å². The number of carbonyl (C=O) groups is 4. The van der Waals surface area contributed by atoms with Crippen molar-refractivity contribution in [2.45, 2.75) is 13.0 Å². The van der Waals surface area contributed by atoms with Crippen LogP contribution >= 0.6 is 0 Å². The lowest BCUT2D eigenvalue weighted by Crippen LogP contribution is -2.38. The molecule has 0 bridgehead atoms. The fourth-order valence-electron chi connectivity index (χ4n) is 3.05. The van der Waals surface area contributed by atoms with Gasteiger partial charge in [-0.25, -0.2) is 14.0 Å². The van der Waals surface area contributed by atoms with E-state index in [-0.39, 0.29) is 22.9 Å². The molecule has 0 saturated carbocycles. The Bertz CT molecular complexity index is 1310. The number of rotatable bonds is 9. The molecule has 3 aromatic rings. The summed E-state index contributed by atoms with van der Waals surface area (Å²) in [6, 6.07) is 15.5. The number of amides is 2. The van der Waals surface area contributed by atoms with Crippen LogP contribution in [0, 0.1) is 11.2 Å². The van der Waals surface area contributed by atoms with Crippen LogP contribution in [0.5, 0.6) is 11.5 Å². The standard InChI is InChI=1S/C26H22FN3O7/c1-15(23(33)16-6-10-20(11-7-16)36-14-22(31)32)29-25(34)18-4-2-17(3-5-18)24(28)30-26(35)37-21-12-8-19(27)9-13-21/h2-13,15H,14H2,1H3,(H,29,34)(H,31,32)(H2,28,30,35)/t15-/m0/s1. The molecule has 4 N–H and O–H groups in total. The van der Waals surface area contributed by atoms with Crippen LogP contribution in [0.4, 0.5) is 9.18 Å². The molecule has 0 unspecified atom stereocenters. The largest absolute Gasteiger partial charge is 0.482 e. The van der Waals surface area contributed by atoms with E-state index in [0.717, 1.165) is 12.1 Å². The molecule has 0 aliphatic heterocycles. The zero-order valence-electron chi connectivity index (χ0n) is 19.5. The first-order valence-electron chi connectivity index (χ1n) is 10.9. The Labute approximate surface area is 210 Å². The summed E-state index contributed by atoms with van der Waals surface area (Å²) in [6.07, 6.45) is -0.938. The van der Waals surface area contributed by atoms with Crippen molar-refractivity contribution in [1.29, 1.82) is 5.41 Å². The first kappa shape index (κ1) is 26.5. The minimum Gasteiger partial charge on any atom is -0.482 e. The third-order valence-corrected chi connectivity index (χ3v) is 4.93. The Balaban J connectivity index is 1.53.